The van der Waals surface area contributed by atoms with Gasteiger partial charge in [-0.25, -0.2) is 0 Å². The first-order valence-corrected chi connectivity index (χ1v) is 6.85. The molecule has 0 fully saturated rings. The third-order valence-electron chi connectivity index (χ3n) is 3.42. The van der Waals surface area contributed by atoms with Gasteiger partial charge in [-0.2, -0.15) is 0 Å². The fourth-order valence-corrected chi connectivity index (χ4v) is 2.53. The summed E-state index contributed by atoms with van der Waals surface area (Å²) in [5, 5.41) is 0. The van der Waals surface area contributed by atoms with Crippen LogP contribution >= 0.6 is 0 Å². The lowest BCUT2D eigenvalue weighted by molar-refractivity contribution is 0.135. The first kappa shape index (κ1) is 13.0. The molecule has 0 unspecified atom stereocenters. The van der Waals surface area contributed by atoms with Gasteiger partial charge in [-0.15, -0.1) is 0 Å². The summed E-state index contributed by atoms with van der Waals surface area (Å²) in [7, 11) is 0. The minimum Gasteiger partial charge on any atom is -0.483 e. The van der Waals surface area contributed by atoms with Crippen LogP contribution in [0.2, 0.25) is 0 Å². The molecular weight excluding hydrogens is 250 g/mol. The van der Waals surface area contributed by atoms with E-state index in [-0.39, 0.29) is 5.60 Å². The zero-order valence-corrected chi connectivity index (χ0v) is 11.8. The van der Waals surface area contributed by atoms with Gasteiger partial charge in [0.25, 0.3) is 0 Å². The lowest BCUT2D eigenvalue weighted by atomic mass is 10.0. The molecule has 2 N–H and O–H groups in total. The van der Waals surface area contributed by atoms with E-state index < -0.39 is 0 Å². The van der Waals surface area contributed by atoms with Crippen molar-refractivity contribution < 1.29 is 9.47 Å². The van der Waals surface area contributed by atoms with Gasteiger partial charge in [0.05, 0.1) is 0 Å². The van der Waals surface area contributed by atoms with E-state index in [0.717, 1.165) is 29.2 Å². The van der Waals surface area contributed by atoms with Gasteiger partial charge in [0, 0.05) is 18.5 Å². The second kappa shape index (κ2) is 4.84. The molecule has 0 amide bonds. The number of benzene rings is 2. The molecule has 0 aliphatic carbocycles. The molecule has 0 radical (unpaired) electrons. The topological polar surface area (TPSA) is 44.5 Å². The summed E-state index contributed by atoms with van der Waals surface area (Å²) in [4.78, 5) is 0. The maximum atomic E-state index is 6.00. The summed E-state index contributed by atoms with van der Waals surface area (Å²) in [6, 6.07) is 13.9. The minimum absolute atomic E-state index is 0.166. The average molecular weight is 269 g/mol. The van der Waals surface area contributed by atoms with Crippen molar-refractivity contribution in [3.8, 4) is 17.2 Å². The van der Waals surface area contributed by atoms with Crippen LogP contribution in [0.1, 0.15) is 25.0 Å². The molecule has 2 aromatic rings. The van der Waals surface area contributed by atoms with Crippen LogP contribution in [-0.4, -0.2) is 5.60 Å². The van der Waals surface area contributed by atoms with Gasteiger partial charge in [-0.05, 0) is 37.6 Å². The van der Waals surface area contributed by atoms with E-state index in [1.165, 1.54) is 5.56 Å². The number of rotatable bonds is 3. The normalized spacial score (nSPS) is 15.6. The molecule has 3 rings (SSSR count). The highest BCUT2D eigenvalue weighted by atomic mass is 16.5. The Labute approximate surface area is 119 Å². The quantitative estimate of drug-likeness (QED) is 0.925. The Morgan fingerprint density at radius 2 is 2.00 bits per heavy atom. The SMILES string of the molecule is CC1(C)Cc2cccc(Oc3cccc(CN)c3)c2O1. The zero-order valence-electron chi connectivity index (χ0n) is 11.8. The molecule has 3 heteroatoms. The molecule has 0 aromatic heterocycles. The van der Waals surface area contributed by atoms with Gasteiger partial charge in [0.2, 0.25) is 0 Å². The number of hydrogen-bond acceptors (Lipinski definition) is 3. The standard InChI is InChI=1S/C17H19NO2/c1-17(2)10-13-6-4-8-15(16(13)20-17)19-14-7-3-5-12(9-14)11-18/h3-9H,10-11,18H2,1-2H3. The van der Waals surface area contributed by atoms with Crippen molar-refractivity contribution in [3.05, 3.63) is 53.6 Å². The Balaban J connectivity index is 1.91. The van der Waals surface area contributed by atoms with Gasteiger partial charge in [0.1, 0.15) is 11.4 Å². The maximum Gasteiger partial charge on any atom is 0.169 e. The number of nitrogens with two attached hydrogens (primary N) is 1. The number of para-hydroxylation sites is 1. The maximum absolute atomic E-state index is 6.00. The van der Waals surface area contributed by atoms with Crippen molar-refractivity contribution >= 4 is 0 Å². The summed E-state index contributed by atoms with van der Waals surface area (Å²) < 4.78 is 12.0. The highest BCUT2D eigenvalue weighted by Crippen LogP contribution is 2.43. The van der Waals surface area contributed by atoms with Crippen LogP contribution in [0.4, 0.5) is 0 Å². The Kier molecular flexibility index (Phi) is 3.14. The lowest BCUT2D eigenvalue weighted by Crippen LogP contribution is -2.24. The predicted molar refractivity (Wildman–Crippen MR) is 79.3 cm³/mol. The van der Waals surface area contributed by atoms with Crippen LogP contribution < -0.4 is 15.2 Å². The third-order valence-corrected chi connectivity index (χ3v) is 3.42. The van der Waals surface area contributed by atoms with E-state index in [1.807, 2.05) is 36.4 Å². The Hall–Kier alpha value is -2.00. The molecule has 1 aliphatic heterocycles. The van der Waals surface area contributed by atoms with Crippen LogP contribution in [0.5, 0.6) is 17.2 Å². The molecule has 0 bridgehead atoms. The molecule has 1 heterocycles. The molecule has 20 heavy (non-hydrogen) atoms. The molecule has 0 spiro atoms. The molecule has 1 aliphatic rings. The first-order chi connectivity index (χ1) is 9.57. The second-order valence-electron chi connectivity index (χ2n) is 5.74. The average Bonchev–Trinajstić information content (AvgIpc) is 2.74. The van der Waals surface area contributed by atoms with Gasteiger partial charge < -0.3 is 15.2 Å². The fourth-order valence-electron chi connectivity index (χ4n) is 2.53. The number of ether oxygens (including phenoxy) is 2. The smallest absolute Gasteiger partial charge is 0.169 e. The van der Waals surface area contributed by atoms with Crippen molar-refractivity contribution in [2.45, 2.75) is 32.4 Å². The molecule has 3 nitrogen and oxygen atoms in total. The number of hydrogen-bond donors (Lipinski definition) is 1. The van der Waals surface area contributed by atoms with Gasteiger partial charge in [-0.1, -0.05) is 24.3 Å². The van der Waals surface area contributed by atoms with E-state index in [2.05, 4.69) is 19.9 Å². The summed E-state index contributed by atoms with van der Waals surface area (Å²) in [5.74, 6) is 2.41. The predicted octanol–water partition coefficient (Wildman–Crippen LogP) is 3.65. The summed E-state index contributed by atoms with van der Waals surface area (Å²) >= 11 is 0. The highest BCUT2D eigenvalue weighted by molar-refractivity contribution is 5.51. The van der Waals surface area contributed by atoms with E-state index in [4.69, 9.17) is 15.2 Å². The Morgan fingerprint density at radius 3 is 2.80 bits per heavy atom. The Bertz CT molecular complexity index is 635. The van der Waals surface area contributed by atoms with Crippen molar-refractivity contribution in [3.63, 3.8) is 0 Å². The van der Waals surface area contributed by atoms with Crippen molar-refractivity contribution in [1.82, 2.24) is 0 Å². The molecule has 0 saturated carbocycles. The van der Waals surface area contributed by atoms with Crippen molar-refractivity contribution in [2.24, 2.45) is 5.73 Å². The van der Waals surface area contributed by atoms with Crippen molar-refractivity contribution in [2.75, 3.05) is 0 Å². The lowest BCUT2D eigenvalue weighted by Gasteiger charge is -2.18. The van der Waals surface area contributed by atoms with Crippen molar-refractivity contribution in [1.29, 1.82) is 0 Å². The Morgan fingerprint density at radius 1 is 1.20 bits per heavy atom. The minimum atomic E-state index is -0.166. The largest absolute Gasteiger partial charge is 0.483 e. The first-order valence-electron chi connectivity index (χ1n) is 6.85. The summed E-state index contributed by atoms with van der Waals surface area (Å²) in [6.07, 6.45) is 0.905. The summed E-state index contributed by atoms with van der Waals surface area (Å²) in [5.41, 5.74) is 7.74. The molecule has 0 atom stereocenters. The van der Waals surface area contributed by atoms with E-state index in [9.17, 15) is 0 Å². The van der Waals surface area contributed by atoms with E-state index in [1.54, 1.807) is 0 Å². The van der Waals surface area contributed by atoms with Crippen LogP contribution in [-0.2, 0) is 13.0 Å². The van der Waals surface area contributed by atoms with Crippen LogP contribution in [0.25, 0.3) is 0 Å². The van der Waals surface area contributed by atoms with E-state index in [0.29, 0.717) is 6.54 Å². The molecule has 104 valence electrons. The van der Waals surface area contributed by atoms with Gasteiger partial charge >= 0.3 is 0 Å². The zero-order chi connectivity index (χ0) is 14.2. The monoisotopic (exact) mass is 269 g/mol. The fraction of sp³-hybridized carbons (Fsp3) is 0.294. The van der Waals surface area contributed by atoms with Crippen LogP contribution in [0.3, 0.4) is 0 Å². The summed E-state index contributed by atoms with van der Waals surface area (Å²) in [6.45, 7) is 4.69. The molecular formula is C17H19NO2. The molecule has 0 saturated heterocycles. The van der Waals surface area contributed by atoms with E-state index >= 15 is 0 Å². The molecule has 2 aromatic carbocycles. The third kappa shape index (κ3) is 2.49. The highest BCUT2D eigenvalue weighted by Gasteiger charge is 2.32. The van der Waals surface area contributed by atoms with Crippen LogP contribution in [0, 0.1) is 0 Å². The van der Waals surface area contributed by atoms with Gasteiger partial charge in [-0.3, -0.25) is 0 Å². The second-order valence-corrected chi connectivity index (χ2v) is 5.74. The van der Waals surface area contributed by atoms with Gasteiger partial charge in [0.15, 0.2) is 11.5 Å². The number of fused-ring (bicyclic) bond motifs is 1. The van der Waals surface area contributed by atoms with Crippen LogP contribution in [0.15, 0.2) is 42.5 Å².